The molecule has 1 atom stereocenters. The Morgan fingerprint density at radius 2 is 2.06 bits per heavy atom. The molecule has 2 N–H and O–H groups in total. The summed E-state index contributed by atoms with van der Waals surface area (Å²) < 4.78 is 0. The van der Waals surface area contributed by atoms with Crippen LogP contribution < -0.4 is 5.73 Å². The first kappa shape index (κ1) is 15.5. The lowest BCUT2D eigenvalue weighted by Crippen LogP contribution is -2.40. The number of halogens is 1. The molecule has 2 nitrogen and oxygen atoms in total. The van der Waals surface area contributed by atoms with E-state index in [9.17, 15) is 0 Å². The lowest BCUT2D eigenvalue weighted by atomic mass is 9.98. The standard InChI is InChI=1S/C15H24N2.ClH/c1-13-6-2-3-7-14(13)12-17-11-5-4-8-15(17)9-10-16;/h2-3,6-7,15H,4-5,8-12,16H2,1H3;1H. The van der Waals surface area contributed by atoms with E-state index in [1.807, 2.05) is 0 Å². The van der Waals surface area contributed by atoms with Crippen LogP contribution in [0.15, 0.2) is 24.3 Å². The molecule has 102 valence electrons. The molecule has 1 aromatic rings. The van der Waals surface area contributed by atoms with E-state index in [4.69, 9.17) is 5.73 Å². The number of benzene rings is 1. The Labute approximate surface area is 117 Å². The second-order valence-electron chi connectivity index (χ2n) is 5.12. The molecule has 1 heterocycles. The fourth-order valence-electron chi connectivity index (χ4n) is 2.79. The zero-order chi connectivity index (χ0) is 12.1. The molecule has 18 heavy (non-hydrogen) atoms. The number of aryl methyl sites for hydroxylation is 1. The van der Waals surface area contributed by atoms with Gasteiger partial charge in [0.2, 0.25) is 0 Å². The zero-order valence-electron chi connectivity index (χ0n) is 11.3. The minimum absolute atomic E-state index is 0. The van der Waals surface area contributed by atoms with Crippen LogP contribution in [0.5, 0.6) is 0 Å². The molecule has 1 unspecified atom stereocenters. The summed E-state index contributed by atoms with van der Waals surface area (Å²) in [4.78, 5) is 2.62. The van der Waals surface area contributed by atoms with Gasteiger partial charge in [0.15, 0.2) is 0 Å². The van der Waals surface area contributed by atoms with Gasteiger partial charge in [-0.15, -0.1) is 12.4 Å². The van der Waals surface area contributed by atoms with E-state index < -0.39 is 0 Å². The molecule has 1 aliphatic heterocycles. The number of hydrogen-bond donors (Lipinski definition) is 1. The van der Waals surface area contributed by atoms with Gasteiger partial charge in [-0.25, -0.2) is 0 Å². The van der Waals surface area contributed by atoms with E-state index in [1.54, 1.807) is 0 Å². The minimum Gasteiger partial charge on any atom is -0.330 e. The van der Waals surface area contributed by atoms with E-state index in [-0.39, 0.29) is 12.4 Å². The molecule has 0 aromatic heterocycles. The van der Waals surface area contributed by atoms with Gasteiger partial charge < -0.3 is 5.73 Å². The molecule has 0 amide bonds. The molecule has 1 aromatic carbocycles. The quantitative estimate of drug-likeness (QED) is 0.909. The first-order chi connectivity index (χ1) is 8.31. The Balaban J connectivity index is 0.00000162. The Morgan fingerprint density at radius 3 is 2.78 bits per heavy atom. The van der Waals surface area contributed by atoms with Gasteiger partial charge in [0.25, 0.3) is 0 Å². The van der Waals surface area contributed by atoms with Crippen LogP contribution in [0, 0.1) is 6.92 Å². The SMILES string of the molecule is Cc1ccccc1CN1CCCCC1CCN.Cl. The molecule has 3 heteroatoms. The largest absolute Gasteiger partial charge is 0.330 e. The molecule has 1 fully saturated rings. The first-order valence-electron chi connectivity index (χ1n) is 6.80. The molecule has 0 aliphatic carbocycles. The van der Waals surface area contributed by atoms with Crippen LogP contribution in [0.25, 0.3) is 0 Å². The predicted molar refractivity (Wildman–Crippen MR) is 80.1 cm³/mol. The van der Waals surface area contributed by atoms with Crippen molar-refractivity contribution in [3.05, 3.63) is 35.4 Å². The summed E-state index contributed by atoms with van der Waals surface area (Å²) in [6.07, 6.45) is 5.18. The van der Waals surface area contributed by atoms with Crippen molar-refractivity contribution in [3.63, 3.8) is 0 Å². The predicted octanol–water partition coefficient (Wildman–Crippen LogP) is 3.12. The van der Waals surface area contributed by atoms with Crippen molar-refractivity contribution in [2.45, 2.75) is 45.2 Å². The topological polar surface area (TPSA) is 29.3 Å². The van der Waals surface area contributed by atoms with Crippen molar-refractivity contribution in [2.24, 2.45) is 5.73 Å². The van der Waals surface area contributed by atoms with Crippen molar-refractivity contribution >= 4 is 12.4 Å². The van der Waals surface area contributed by atoms with Crippen LogP contribution in [-0.2, 0) is 6.54 Å². The highest BCUT2D eigenvalue weighted by Gasteiger charge is 2.21. The number of nitrogens with two attached hydrogens (primary N) is 1. The molecule has 0 spiro atoms. The smallest absolute Gasteiger partial charge is 0.0239 e. The molecule has 0 saturated carbocycles. The van der Waals surface area contributed by atoms with Crippen molar-refractivity contribution in [3.8, 4) is 0 Å². The van der Waals surface area contributed by atoms with Crippen LogP contribution >= 0.6 is 12.4 Å². The van der Waals surface area contributed by atoms with E-state index in [2.05, 4.69) is 36.1 Å². The molecule has 2 rings (SSSR count). The van der Waals surface area contributed by atoms with Gasteiger partial charge in [-0.05, 0) is 50.4 Å². The molecule has 0 radical (unpaired) electrons. The summed E-state index contributed by atoms with van der Waals surface area (Å²) in [6, 6.07) is 9.42. The van der Waals surface area contributed by atoms with Gasteiger partial charge in [0, 0.05) is 12.6 Å². The lowest BCUT2D eigenvalue weighted by Gasteiger charge is -2.36. The van der Waals surface area contributed by atoms with Crippen LogP contribution in [0.3, 0.4) is 0 Å². The summed E-state index contributed by atoms with van der Waals surface area (Å²) in [6.45, 7) is 5.35. The van der Waals surface area contributed by atoms with Crippen molar-refractivity contribution in [1.29, 1.82) is 0 Å². The summed E-state index contributed by atoms with van der Waals surface area (Å²) >= 11 is 0. The normalized spacial score (nSPS) is 20.4. The molecular weight excluding hydrogens is 244 g/mol. The number of piperidine rings is 1. The third-order valence-corrected chi connectivity index (χ3v) is 3.88. The molecular formula is C15H25ClN2. The maximum Gasteiger partial charge on any atom is 0.0239 e. The van der Waals surface area contributed by atoms with E-state index >= 15 is 0 Å². The Kier molecular flexibility index (Phi) is 6.69. The van der Waals surface area contributed by atoms with Crippen LogP contribution in [0.2, 0.25) is 0 Å². The van der Waals surface area contributed by atoms with Gasteiger partial charge in [0.05, 0.1) is 0 Å². The lowest BCUT2D eigenvalue weighted by molar-refractivity contribution is 0.134. The first-order valence-corrected chi connectivity index (χ1v) is 6.80. The maximum atomic E-state index is 5.72. The van der Waals surface area contributed by atoms with Crippen molar-refractivity contribution in [1.82, 2.24) is 4.90 Å². The van der Waals surface area contributed by atoms with E-state index in [0.717, 1.165) is 19.5 Å². The molecule has 0 bridgehead atoms. The number of rotatable bonds is 4. The van der Waals surface area contributed by atoms with Gasteiger partial charge >= 0.3 is 0 Å². The number of nitrogens with zero attached hydrogens (tertiary/aromatic N) is 1. The highest BCUT2D eigenvalue weighted by molar-refractivity contribution is 5.85. The van der Waals surface area contributed by atoms with Crippen LogP contribution in [0.1, 0.15) is 36.8 Å². The van der Waals surface area contributed by atoms with E-state index in [1.165, 1.54) is 36.9 Å². The fourth-order valence-corrected chi connectivity index (χ4v) is 2.79. The summed E-state index contributed by atoms with van der Waals surface area (Å²) in [5, 5.41) is 0. The average Bonchev–Trinajstić information content (AvgIpc) is 2.35. The maximum absolute atomic E-state index is 5.72. The van der Waals surface area contributed by atoms with Crippen molar-refractivity contribution < 1.29 is 0 Å². The highest BCUT2D eigenvalue weighted by atomic mass is 35.5. The second kappa shape index (κ2) is 7.78. The highest BCUT2D eigenvalue weighted by Crippen LogP contribution is 2.22. The second-order valence-corrected chi connectivity index (χ2v) is 5.12. The van der Waals surface area contributed by atoms with Crippen LogP contribution in [-0.4, -0.2) is 24.0 Å². The minimum atomic E-state index is 0. The van der Waals surface area contributed by atoms with Gasteiger partial charge in [0.1, 0.15) is 0 Å². The third-order valence-electron chi connectivity index (χ3n) is 3.88. The summed E-state index contributed by atoms with van der Waals surface area (Å²) in [5.74, 6) is 0. The van der Waals surface area contributed by atoms with E-state index in [0.29, 0.717) is 6.04 Å². The molecule has 1 saturated heterocycles. The summed E-state index contributed by atoms with van der Waals surface area (Å²) in [5.41, 5.74) is 8.59. The van der Waals surface area contributed by atoms with Gasteiger partial charge in [-0.1, -0.05) is 30.7 Å². The Bertz CT molecular complexity index is 352. The monoisotopic (exact) mass is 268 g/mol. The van der Waals surface area contributed by atoms with Gasteiger partial charge in [-0.3, -0.25) is 4.90 Å². The molecule has 1 aliphatic rings. The number of likely N-dealkylation sites (tertiary alicyclic amines) is 1. The Hall–Kier alpha value is -0.570. The van der Waals surface area contributed by atoms with Crippen molar-refractivity contribution in [2.75, 3.05) is 13.1 Å². The fraction of sp³-hybridized carbons (Fsp3) is 0.600. The van der Waals surface area contributed by atoms with Crippen LogP contribution in [0.4, 0.5) is 0 Å². The number of hydrogen-bond acceptors (Lipinski definition) is 2. The zero-order valence-corrected chi connectivity index (χ0v) is 12.1. The van der Waals surface area contributed by atoms with Gasteiger partial charge in [-0.2, -0.15) is 0 Å². The third kappa shape index (κ3) is 3.98. The summed E-state index contributed by atoms with van der Waals surface area (Å²) in [7, 11) is 0. The average molecular weight is 269 g/mol. The Morgan fingerprint density at radius 1 is 1.28 bits per heavy atom.